The van der Waals surface area contributed by atoms with Gasteiger partial charge in [0.15, 0.2) is 0 Å². The average Bonchev–Trinajstić information content (AvgIpc) is 2.77. The first-order chi connectivity index (χ1) is 15.1. The van der Waals surface area contributed by atoms with E-state index in [0.717, 1.165) is 98.2 Å². The van der Waals surface area contributed by atoms with Crippen LogP contribution in [-0.2, 0) is 0 Å². The average molecular weight is 466 g/mol. The molecule has 0 spiro atoms. The SMILES string of the molecule is CCCNCCN(CCNC)CCN(Cl)CCN(CCNC)CCN(CCN)CCN. The third kappa shape index (κ3) is 19.1. The number of nitrogens with one attached hydrogen (secondary N) is 3. The van der Waals surface area contributed by atoms with E-state index in [1.807, 2.05) is 18.5 Å². The molecule has 0 aromatic rings. The molecule has 9 nitrogen and oxygen atoms in total. The van der Waals surface area contributed by atoms with Gasteiger partial charge in [0.05, 0.1) is 0 Å². The van der Waals surface area contributed by atoms with E-state index in [1.54, 1.807) is 0 Å². The van der Waals surface area contributed by atoms with E-state index in [-0.39, 0.29) is 0 Å². The number of hydrogen-bond donors (Lipinski definition) is 5. The normalized spacial score (nSPS) is 12.2. The van der Waals surface area contributed by atoms with Gasteiger partial charge in [-0.05, 0) is 38.8 Å². The maximum Gasteiger partial charge on any atom is 0.0267 e. The molecule has 0 aliphatic heterocycles. The van der Waals surface area contributed by atoms with Crippen LogP contribution in [0, 0.1) is 0 Å². The topological polar surface area (TPSA) is 101 Å². The standard InChI is InChI=1S/C21H52ClN9/c1-4-7-27-10-15-29(13-8-25-2)18-20-31(22)21-19-30(14-9-26-3)17-16-28(11-5-23)12-6-24/h25-27H,4-21,23-24H2,1-3H3. The number of likely N-dealkylation sites (N-methyl/N-ethyl adjacent to an activating group) is 2. The molecule has 7 N–H and O–H groups in total. The zero-order valence-electron chi connectivity index (χ0n) is 20.5. The van der Waals surface area contributed by atoms with Gasteiger partial charge in [-0.2, -0.15) is 0 Å². The minimum atomic E-state index is 0.671. The first kappa shape index (κ1) is 30.9. The second-order valence-corrected chi connectivity index (χ2v) is 8.45. The first-order valence-electron chi connectivity index (χ1n) is 12.1. The van der Waals surface area contributed by atoms with Crippen molar-refractivity contribution in [2.45, 2.75) is 13.3 Å². The predicted molar refractivity (Wildman–Crippen MR) is 136 cm³/mol. The molecule has 10 heteroatoms. The number of nitrogens with zero attached hydrogens (tertiary/aromatic N) is 4. The second kappa shape index (κ2) is 23.1. The van der Waals surface area contributed by atoms with Crippen molar-refractivity contribution in [3.05, 3.63) is 0 Å². The van der Waals surface area contributed by atoms with Crippen molar-refractivity contribution in [3.63, 3.8) is 0 Å². The quantitative estimate of drug-likeness (QED) is 0.0879. The molecule has 0 saturated heterocycles. The van der Waals surface area contributed by atoms with Gasteiger partial charge in [0.25, 0.3) is 0 Å². The van der Waals surface area contributed by atoms with Gasteiger partial charge in [0.1, 0.15) is 0 Å². The Morgan fingerprint density at radius 2 is 1.00 bits per heavy atom. The lowest BCUT2D eigenvalue weighted by atomic mass is 10.3. The van der Waals surface area contributed by atoms with Crippen LogP contribution in [0.1, 0.15) is 13.3 Å². The Kier molecular flexibility index (Phi) is 23.0. The van der Waals surface area contributed by atoms with Crippen LogP contribution in [0.15, 0.2) is 0 Å². The van der Waals surface area contributed by atoms with Crippen LogP contribution >= 0.6 is 11.8 Å². The Balaban J connectivity index is 4.37. The maximum atomic E-state index is 6.57. The van der Waals surface area contributed by atoms with E-state index in [2.05, 4.69) is 37.6 Å². The lowest BCUT2D eigenvalue weighted by molar-refractivity contribution is 0.195. The lowest BCUT2D eigenvalue weighted by Gasteiger charge is -2.29. The van der Waals surface area contributed by atoms with Crippen LogP contribution in [0.4, 0.5) is 0 Å². The summed E-state index contributed by atoms with van der Waals surface area (Å²) in [7, 11) is 4.00. The molecule has 0 rings (SSSR count). The molecule has 0 saturated carbocycles. The van der Waals surface area contributed by atoms with Crippen LogP contribution in [0.25, 0.3) is 0 Å². The Labute approximate surface area is 197 Å². The number of rotatable bonds is 24. The van der Waals surface area contributed by atoms with E-state index in [0.29, 0.717) is 13.1 Å². The van der Waals surface area contributed by atoms with Crippen LogP contribution in [0.2, 0.25) is 0 Å². The van der Waals surface area contributed by atoms with Gasteiger partial charge in [0, 0.05) is 105 Å². The molecule has 0 aromatic carbocycles. The third-order valence-corrected chi connectivity index (χ3v) is 5.67. The van der Waals surface area contributed by atoms with Gasteiger partial charge in [-0.25, -0.2) is 4.42 Å². The monoisotopic (exact) mass is 465 g/mol. The molecule has 0 unspecified atom stereocenters. The maximum absolute atomic E-state index is 6.57. The van der Waals surface area contributed by atoms with Crippen LogP contribution in [-0.4, -0.2) is 144 Å². The minimum absolute atomic E-state index is 0.671. The van der Waals surface area contributed by atoms with Gasteiger partial charge in [-0.1, -0.05) is 6.92 Å². The first-order valence-corrected chi connectivity index (χ1v) is 12.4. The van der Waals surface area contributed by atoms with E-state index >= 15 is 0 Å². The Morgan fingerprint density at radius 3 is 1.45 bits per heavy atom. The van der Waals surface area contributed by atoms with Crippen molar-refractivity contribution >= 4 is 11.8 Å². The van der Waals surface area contributed by atoms with Gasteiger partial charge in [0.2, 0.25) is 0 Å². The summed E-state index contributed by atoms with van der Waals surface area (Å²) in [6.45, 7) is 18.2. The molecular weight excluding hydrogens is 414 g/mol. The summed E-state index contributed by atoms with van der Waals surface area (Å²) in [5.74, 6) is 0. The van der Waals surface area contributed by atoms with Crippen LogP contribution in [0.3, 0.4) is 0 Å². The molecule has 0 bridgehead atoms. The van der Waals surface area contributed by atoms with Crippen LogP contribution in [0.5, 0.6) is 0 Å². The summed E-state index contributed by atoms with van der Waals surface area (Å²) in [5, 5.41) is 9.99. The Hall–Kier alpha value is -0.0700. The van der Waals surface area contributed by atoms with Crippen molar-refractivity contribution in [1.29, 1.82) is 0 Å². The fraction of sp³-hybridized carbons (Fsp3) is 1.00. The summed E-state index contributed by atoms with van der Waals surface area (Å²) >= 11 is 6.57. The van der Waals surface area contributed by atoms with Gasteiger partial charge in [-0.3, -0.25) is 14.7 Å². The van der Waals surface area contributed by atoms with Gasteiger partial charge in [-0.15, -0.1) is 0 Å². The van der Waals surface area contributed by atoms with Crippen LogP contribution < -0.4 is 27.4 Å². The molecule has 0 radical (unpaired) electrons. The highest BCUT2D eigenvalue weighted by atomic mass is 35.5. The van der Waals surface area contributed by atoms with E-state index < -0.39 is 0 Å². The Morgan fingerprint density at radius 1 is 0.581 bits per heavy atom. The van der Waals surface area contributed by atoms with Crippen molar-refractivity contribution in [1.82, 2.24) is 35.1 Å². The fourth-order valence-corrected chi connectivity index (χ4v) is 3.50. The molecule has 0 amide bonds. The highest BCUT2D eigenvalue weighted by molar-refractivity contribution is 6.13. The predicted octanol–water partition coefficient (Wildman–Crippen LogP) is -1.30. The largest absolute Gasteiger partial charge is 0.329 e. The van der Waals surface area contributed by atoms with Crippen molar-refractivity contribution < 1.29 is 0 Å². The highest BCUT2D eigenvalue weighted by Gasteiger charge is 2.12. The molecule has 0 aliphatic rings. The molecule has 31 heavy (non-hydrogen) atoms. The summed E-state index contributed by atoms with van der Waals surface area (Å²) in [6, 6.07) is 0. The molecule has 0 aliphatic carbocycles. The summed E-state index contributed by atoms with van der Waals surface area (Å²) < 4.78 is 1.94. The van der Waals surface area contributed by atoms with Crippen molar-refractivity contribution in [2.24, 2.45) is 11.5 Å². The smallest absolute Gasteiger partial charge is 0.0267 e. The molecule has 0 fully saturated rings. The number of halogens is 1. The molecular formula is C21H52ClN9. The summed E-state index contributed by atoms with van der Waals surface area (Å²) in [5.41, 5.74) is 11.5. The Bertz CT molecular complexity index is 360. The van der Waals surface area contributed by atoms with E-state index in [1.165, 1.54) is 6.42 Å². The zero-order valence-corrected chi connectivity index (χ0v) is 21.3. The minimum Gasteiger partial charge on any atom is -0.329 e. The van der Waals surface area contributed by atoms with Gasteiger partial charge >= 0.3 is 0 Å². The zero-order chi connectivity index (χ0) is 23.2. The third-order valence-electron chi connectivity index (χ3n) is 5.33. The lowest BCUT2D eigenvalue weighted by Crippen LogP contribution is -2.44. The second-order valence-electron chi connectivity index (χ2n) is 7.97. The molecule has 0 atom stereocenters. The highest BCUT2D eigenvalue weighted by Crippen LogP contribution is 1.99. The van der Waals surface area contributed by atoms with Gasteiger partial charge < -0.3 is 27.4 Å². The van der Waals surface area contributed by atoms with Crippen molar-refractivity contribution in [2.75, 3.05) is 125 Å². The summed E-state index contributed by atoms with van der Waals surface area (Å²) in [6.07, 6.45) is 1.17. The molecule has 0 aromatic heterocycles. The van der Waals surface area contributed by atoms with E-state index in [4.69, 9.17) is 23.2 Å². The fourth-order valence-electron chi connectivity index (χ4n) is 3.34. The van der Waals surface area contributed by atoms with E-state index in [9.17, 15) is 0 Å². The summed E-state index contributed by atoms with van der Waals surface area (Å²) in [4.78, 5) is 7.29. The number of hydrogen-bond acceptors (Lipinski definition) is 9. The number of nitrogens with two attached hydrogens (primary N) is 2. The van der Waals surface area contributed by atoms with Crippen molar-refractivity contribution in [3.8, 4) is 0 Å². The molecule has 0 heterocycles. The molecule has 188 valence electrons.